The predicted molar refractivity (Wildman–Crippen MR) is 98.5 cm³/mol. The molecule has 7 heteroatoms. The van der Waals surface area contributed by atoms with Gasteiger partial charge in [-0.25, -0.2) is 0 Å². The van der Waals surface area contributed by atoms with E-state index in [9.17, 15) is 0 Å². The van der Waals surface area contributed by atoms with Gasteiger partial charge in [-0.05, 0) is 51.1 Å². The molecule has 0 radical (unpaired) electrons. The average molecular weight is 351 g/mol. The van der Waals surface area contributed by atoms with Gasteiger partial charge in [0.05, 0.1) is 6.04 Å². The smallest absolute Gasteiger partial charge is 0.192 e. The molecule has 0 unspecified atom stereocenters. The zero-order chi connectivity index (χ0) is 17.6. The van der Waals surface area contributed by atoms with Crippen molar-refractivity contribution in [3.8, 4) is 0 Å². The van der Waals surface area contributed by atoms with Crippen molar-refractivity contribution in [2.75, 3.05) is 13.2 Å². The van der Waals surface area contributed by atoms with E-state index < -0.39 is 14.6 Å². The Kier molecular flexibility index (Phi) is 9.08. The molecule has 0 amide bonds. The Labute approximate surface area is 142 Å². The number of nitrogens with one attached hydrogen (secondary N) is 1. The molecule has 5 nitrogen and oxygen atoms in total. The first-order valence-corrected chi connectivity index (χ1v) is 11.2. The largest absolute Gasteiger partial charge is 0.407 e. The fourth-order valence-electron chi connectivity index (χ4n) is 1.78. The Balaban J connectivity index is 5.34. The second-order valence-corrected chi connectivity index (χ2v) is 12.1. The van der Waals surface area contributed by atoms with Crippen molar-refractivity contribution in [2.45, 2.75) is 78.1 Å². The first-order valence-electron chi connectivity index (χ1n) is 7.93. The molecular formula is C15H34N2O3SSi. The molecule has 0 rings (SSSR count). The molecule has 0 saturated carbocycles. The van der Waals surface area contributed by atoms with Crippen LogP contribution in [0.2, 0.25) is 18.1 Å². The summed E-state index contributed by atoms with van der Waals surface area (Å²) in [7, 11) is -1.99. The lowest BCUT2D eigenvalue weighted by Gasteiger charge is -2.43. The van der Waals surface area contributed by atoms with E-state index in [0.717, 1.165) is 0 Å². The van der Waals surface area contributed by atoms with Gasteiger partial charge < -0.3 is 25.0 Å². The number of hydrogen-bond donors (Lipinski definition) is 2. The zero-order valence-electron chi connectivity index (χ0n) is 15.4. The SMILES string of the molecule is CCOC(OCC)[C@H](O[Si](C)(C)C(C)(C)C)[C@@H](C)NC(N)=S. The molecule has 0 aliphatic heterocycles. The maximum Gasteiger partial charge on any atom is 0.192 e. The van der Waals surface area contributed by atoms with Crippen LogP contribution < -0.4 is 11.1 Å². The summed E-state index contributed by atoms with van der Waals surface area (Å²) in [6.07, 6.45) is -0.719. The lowest BCUT2D eigenvalue weighted by Crippen LogP contribution is -2.56. The summed E-state index contributed by atoms with van der Waals surface area (Å²) in [5, 5.41) is 3.41. The molecule has 0 fully saturated rings. The number of ether oxygens (including phenoxy) is 2. The van der Waals surface area contributed by atoms with Crippen LogP contribution in [0, 0.1) is 0 Å². The molecule has 0 saturated heterocycles. The van der Waals surface area contributed by atoms with Crippen LogP contribution in [0.3, 0.4) is 0 Å². The maximum absolute atomic E-state index is 6.54. The van der Waals surface area contributed by atoms with Crippen molar-refractivity contribution < 1.29 is 13.9 Å². The van der Waals surface area contributed by atoms with Crippen LogP contribution in [0.4, 0.5) is 0 Å². The predicted octanol–water partition coefficient (Wildman–Crippen LogP) is 3.00. The van der Waals surface area contributed by atoms with E-state index in [1.807, 2.05) is 20.8 Å². The first kappa shape index (κ1) is 21.8. The molecule has 0 spiro atoms. The second-order valence-electron chi connectivity index (χ2n) is 6.92. The number of rotatable bonds is 9. The summed E-state index contributed by atoms with van der Waals surface area (Å²) in [6.45, 7) is 18.0. The molecule has 0 aromatic rings. The van der Waals surface area contributed by atoms with E-state index in [4.69, 9.17) is 31.9 Å². The molecule has 0 aliphatic carbocycles. The zero-order valence-corrected chi connectivity index (χ0v) is 17.2. The molecule has 0 aliphatic rings. The molecular weight excluding hydrogens is 316 g/mol. The Morgan fingerprint density at radius 1 is 1.18 bits per heavy atom. The van der Waals surface area contributed by atoms with Gasteiger partial charge in [-0.3, -0.25) is 0 Å². The van der Waals surface area contributed by atoms with E-state index in [1.54, 1.807) is 0 Å². The topological polar surface area (TPSA) is 65.7 Å². The third-order valence-corrected chi connectivity index (χ3v) is 8.62. The Bertz CT molecular complexity index is 342. The first-order chi connectivity index (χ1) is 9.96. The van der Waals surface area contributed by atoms with Gasteiger partial charge in [0.1, 0.15) is 6.10 Å². The maximum atomic E-state index is 6.54. The summed E-state index contributed by atoms with van der Waals surface area (Å²) in [5.41, 5.74) is 5.62. The summed E-state index contributed by atoms with van der Waals surface area (Å²) < 4.78 is 18.1. The minimum atomic E-state index is -1.99. The summed E-state index contributed by atoms with van der Waals surface area (Å²) in [6, 6.07) is -0.102. The van der Waals surface area contributed by atoms with Gasteiger partial charge in [0, 0.05) is 13.2 Å². The molecule has 3 N–H and O–H groups in total. The number of hydrogen-bond acceptors (Lipinski definition) is 4. The molecule has 22 heavy (non-hydrogen) atoms. The molecule has 0 bridgehead atoms. The summed E-state index contributed by atoms with van der Waals surface area (Å²) in [5.74, 6) is 0. The molecule has 132 valence electrons. The summed E-state index contributed by atoms with van der Waals surface area (Å²) in [4.78, 5) is 0. The number of nitrogens with two attached hydrogens (primary N) is 1. The van der Waals surface area contributed by atoms with E-state index in [1.165, 1.54) is 0 Å². The van der Waals surface area contributed by atoms with E-state index in [0.29, 0.717) is 13.2 Å². The van der Waals surface area contributed by atoms with Gasteiger partial charge in [-0.15, -0.1) is 0 Å². The van der Waals surface area contributed by atoms with Crippen molar-refractivity contribution >= 4 is 25.6 Å². The molecule has 0 heterocycles. The molecule has 2 atom stereocenters. The van der Waals surface area contributed by atoms with Gasteiger partial charge in [-0.1, -0.05) is 20.8 Å². The fourth-order valence-corrected chi connectivity index (χ4v) is 3.32. The Hall–Kier alpha value is -0.213. The van der Waals surface area contributed by atoms with Crippen LogP contribution in [-0.4, -0.2) is 45.1 Å². The standard InChI is InChI=1S/C15H34N2O3SSi/c1-9-18-13(19-10-2)12(11(3)17-14(16)21)20-22(7,8)15(4,5)6/h11-13H,9-10H2,1-8H3,(H3,16,17,21)/t11-,12-/m1/s1. The average Bonchev–Trinajstić information content (AvgIpc) is 2.33. The van der Waals surface area contributed by atoms with Gasteiger partial charge in [0.2, 0.25) is 0 Å². The van der Waals surface area contributed by atoms with Gasteiger partial charge in [0.25, 0.3) is 0 Å². The van der Waals surface area contributed by atoms with Crippen molar-refractivity contribution in [2.24, 2.45) is 5.73 Å². The van der Waals surface area contributed by atoms with Gasteiger partial charge in [-0.2, -0.15) is 0 Å². The van der Waals surface area contributed by atoms with Crippen LogP contribution in [0.15, 0.2) is 0 Å². The third kappa shape index (κ3) is 6.91. The van der Waals surface area contributed by atoms with Crippen LogP contribution in [0.1, 0.15) is 41.5 Å². The van der Waals surface area contributed by atoms with Crippen molar-refractivity contribution in [3.05, 3.63) is 0 Å². The summed E-state index contributed by atoms with van der Waals surface area (Å²) >= 11 is 4.96. The normalized spacial score (nSPS) is 15.7. The van der Waals surface area contributed by atoms with E-state index in [2.05, 4.69) is 39.2 Å². The van der Waals surface area contributed by atoms with E-state index >= 15 is 0 Å². The molecule has 0 aromatic carbocycles. The van der Waals surface area contributed by atoms with Crippen LogP contribution in [-0.2, 0) is 13.9 Å². The van der Waals surface area contributed by atoms with E-state index in [-0.39, 0.29) is 22.3 Å². The second kappa shape index (κ2) is 9.17. The minimum Gasteiger partial charge on any atom is -0.407 e. The minimum absolute atomic E-state index is 0.0944. The van der Waals surface area contributed by atoms with Crippen molar-refractivity contribution in [1.82, 2.24) is 5.32 Å². The lowest BCUT2D eigenvalue weighted by atomic mass is 10.2. The van der Waals surface area contributed by atoms with Crippen LogP contribution in [0.5, 0.6) is 0 Å². The number of thiocarbonyl (C=S) groups is 1. The highest BCUT2D eigenvalue weighted by molar-refractivity contribution is 7.80. The van der Waals surface area contributed by atoms with Crippen LogP contribution in [0.25, 0.3) is 0 Å². The monoisotopic (exact) mass is 350 g/mol. The molecule has 0 aromatic heterocycles. The lowest BCUT2D eigenvalue weighted by molar-refractivity contribution is -0.190. The van der Waals surface area contributed by atoms with Gasteiger partial charge in [0.15, 0.2) is 19.7 Å². The third-order valence-electron chi connectivity index (χ3n) is 4.03. The van der Waals surface area contributed by atoms with Gasteiger partial charge >= 0.3 is 0 Å². The van der Waals surface area contributed by atoms with Crippen molar-refractivity contribution in [3.63, 3.8) is 0 Å². The Morgan fingerprint density at radius 2 is 1.64 bits per heavy atom. The highest BCUT2D eigenvalue weighted by Crippen LogP contribution is 2.38. The van der Waals surface area contributed by atoms with Crippen LogP contribution >= 0.6 is 12.2 Å². The van der Waals surface area contributed by atoms with Crippen molar-refractivity contribution in [1.29, 1.82) is 0 Å². The quantitative estimate of drug-likeness (QED) is 0.379. The fraction of sp³-hybridized carbons (Fsp3) is 0.933. The Morgan fingerprint density at radius 3 is 1.95 bits per heavy atom. The highest BCUT2D eigenvalue weighted by atomic mass is 32.1. The highest BCUT2D eigenvalue weighted by Gasteiger charge is 2.43.